The Bertz CT molecular complexity index is 371. The second-order valence-corrected chi connectivity index (χ2v) is 2.82. The van der Waals surface area contributed by atoms with E-state index in [1.54, 1.807) is 12.3 Å². The summed E-state index contributed by atoms with van der Waals surface area (Å²) >= 11 is 0. The summed E-state index contributed by atoms with van der Waals surface area (Å²) in [6.45, 7) is 0. The molecule has 1 aliphatic heterocycles. The molecule has 1 heterocycles. The zero-order valence-corrected chi connectivity index (χ0v) is 6.97. The van der Waals surface area contributed by atoms with E-state index < -0.39 is 0 Å². The Hall–Kier alpha value is -1.82. The molecule has 0 amide bonds. The third kappa shape index (κ3) is 1.38. The summed E-state index contributed by atoms with van der Waals surface area (Å²) in [5, 5.41) is 12.5. The third-order valence-corrected chi connectivity index (χ3v) is 2.01. The molecule has 3 nitrogen and oxygen atoms in total. The summed E-state index contributed by atoms with van der Waals surface area (Å²) < 4.78 is 0. The number of oxime groups is 1. The van der Waals surface area contributed by atoms with Crippen molar-refractivity contribution in [3.05, 3.63) is 35.4 Å². The van der Waals surface area contributed by atoms with Gasteiger partial charge < -0.3 is 4.84 Å². The maximum atomic E-state index is 8.83. The van der Waals surface area contributed by atoms with Crippen molar-refractivity contribution in [2.45, 2.75) is 12.5 Å². The number of rotatable bonds is 1. The summed E-state index contributed by atoms with van der Waals surface area (Å²) in [5.74, 6) is 0. The molecular formula is C10H8N2O. The lowest BCUT2D eigenvalue weighted by Gasteiger charge is -2.08. The Morgan fingerprint density at radius 1 is 1.46 bits per heavy atom. The lowest BCUT2D eigenvalue weighted by Crippen LogP contribution is -1.98. The van der Waals surface area contributed by atoms with Gasteiger partial charge in [0.25, 0.3) is 0 Å². The first kappa shape index (κ1) is 7.81. The topological polar surface area (TPSA) is 45.4 Å². The molecule has 0 aromatic heterocycles. The van der Waals surface area contributed by atoms with E-state index in [4.69, 9.17) is 10.1 Å². The van der Waals surface area contributed by atoms with Crippen LogP contribution in [0.2, 0.25) is 0 Å². The number of nitriles is 1. The van der Waals surface area contributed by atoms with Gasteiger partial charge in [-0.25, -0.2) is 0 Å². The zero-order valence-electron chi connectivity index (χ0n) is 6.97. The molecule has 1 atom stereocenters. The van der Waals surface area contributed by atoms with Crippen molar-refractivity contribution in [3.8, 4) is 6.07 Å². The molecule has 0 aliphatic carbocycles. The number of hydrogen-bond acceptors (Lipinski definition) is 3. The van der Waals surface area contributed by atoms with Gasteiger partial charge in [-0.05, 0) is 6.07 Å². The minimum Gasteiger partial charge on any atom is -0.388 e. The van der Waals surface area contributed by atoms with Gasteiger partial charge in [0.2, 0.25) is 0 Å². The molecule has 3 heteroatoms. The molecular weight excluding hydrogens is 164 g/mol. The minimum atomic E-state index is -0.0733. The number of hydrogen-bond donors (Lipinski definition) is 0. The summed E-state index contributed by atoms with van der Waals surface area (Å²) in [6, 6.07) is 9.57. The van der Waals surface area contributed by atoms with Crippen LogP contribution in [-0.4, -0.2) is 6.21 Å². The van der Waals surface area contributed by atoms with E-state index in [1.807, 2.05) is 18.2 Å². The van der Waals surface area contributed by atoms with Crippen molar-refractivity contribution in [3.63, 3.8) is 0 Å². The summed E-state index contributed by atoms with van der Waals surface area (Å²) in [7, 11) is 0. The van der Waals surface area contributed by atoms with E-state index in [1.165, 1.54) is 0 Å². The van der Waals surface area contributed by atoms with E-state index in [9.17, 15) is 0 Å². The van der Waals surface area contributed by atoms with Crippen LogP contribution in [0.25, 0.3) is 0 Å². The van der Waals surface area contributed by atoms with Crippen molar-refractivity contribution >= 4 is 6.21 Å². The highest BCUT2D eigenvalue weighted by atomic mass is 16.6. The van der Waals surface area contributed by atoms with Crippen LogP contribution in [0.3, 0.4) is 0 Å². The standard InChI is InChI=1S/C10H8N2O/c11-7-8-3-1-2-4-9(8)10-5-6-12-13-10/h1-4,6,10H,5H2. The van der Waals surface area contributed by atoms with Gasteiger partial charge in [0.05, 0.1) is 11.6 Å². The van der Waals surface area contributed by atoms with Crippen LogP contribution in [0.5, 0.6) is 0 Å². The molecule has 1 aromatic carbocycles. The second-order valence-electron chi connectivity index (χ2n) is 2.82. The average molecular weight is 172 g/mol. The predicted molar refractivity (Wildman–Crippen MR) is 48.1 cm³/mol. The van der Waals surface area contributed by atoms with E-state index in [2.05, 4.69) is 11.2 Å². The van der Waals surface area contributed by atoms with Crippen LogP contribution < -0.4 is 0 Å². The fourth-order valence-electron chi connectivity index (χ4n) is 1.36. The smallest absolute Gasteiger partial charge is 0.158 e. The fourth-order valence-corrected chi connectivity index (χ4v) is 1.36. The van der Waals surface area contributed by atoms with Crippen molar-refractivity contribution < 1.29 is 4.84 Å². The summed E-state index contributed by atoms with van der Waals surface area (Å²) in [5.41, 5.74) is 1.58. The van der Waals surface area contributed by atoms with Crippen LogP contribution >= 0.6 is 0 Å². The van der Waals surface area contributed by atoms with E-state index in [0.717, 1.165) is 12.0 Å². The third-order valence-electron chi connectivity index (χ3n) is 2.01. The summed E-state index contributed by atoms with van der Waals surface area (Å²) in [4.78, 5) is 5.10. The van der Waals surface area contributed by atoms with E-state index in [0.29, 0.717) is 5.56 Å². The maximum Gasteiger partial charge on any atom is 0.158 e. The second kappa shape index (κ2) is 3.28. The molecule has 13 heavy (non-hydrogen) atoms. The van der Waals surface area contributed by atoms with Gasteiger partial charge in [-0.2, -0.15) is 5.26 Å². The van der Waals surface area contributed by atoms with Crippen LogP contribution in [0.15, 0.2) is 29.4 Å². The van der Waals surface area contributed by atoms with Gasteiger partial charge in [0.15, 0.2) is 6.10 Å². The first-order valence-electron chi connectivity index (χ1n) is 4.08. The number of nitrogens with zero attached hydrogens (tertiary/aromatic N) is 2. The van der Waals surface area contributed by atoms with Gasteiger partial charge >= 0.3 is 0 Å². The highest BCUT2D eigenvalue weighted by Crippen LogP contribution is 2.26. The summed E-state index contributed by atoms with van der Waals surface area (Å²) in [6.07, 6.45) is 2.40. The molecule has 0 N–H and O–H groups in total. The van der Waals surface area contributed by atoms with Gasteiger partial charge in [0, 0.05) is 18.2 Å². The number of benzene rings is 1. The Kier molecular flexibility index (Phi) is 1.97. The van der Waals surface area contributed by atoms with Crippen LogP contribution in [-0.2, 0) is 4.84 Å². The first-order chi connectivity index (χ1) is 6.42. The Morgan fingerprint density at radius 3 is 3.00 bits per heavy atom. The molecule has 0 spiro atoms. The highest BCUT2D eigenvalue weighted by molar-refractivity contribution is 5.60. The average Bonchev–Trinajstić information content (AvgIpc) is 2.70. The molecule has 0 saturated carbocycles. The lowest BCUT2D eigenvalue weighted by atomic mass is 10.0. The maximum absolute atomic E-state index is 8.83. The van der Waals surface area contributed by atoms with Gasteiger partial charge in [-0.15, -0.1) is 0 Å². The van der Waals surface area contributed by atoms with Gasteiger partial charge in [0.1, 0.15) is 0 Å². The van der Waals surface area contributed by atoms with Crippen molar-refractivity contribution in [2.24, 2.45) is 5.16 Å². The predicted octanol–water partition coefficient (Wildman–Crippen LogP) is 2.01. The minimum absolute atomic E-state index is 0.0733. The molecule has 1 unspecified atom stereocenters. The normalized spacial score (nSPS) is 19.5. The van der Waals surface area contributed by atoms with Crippen molar-refractivity contribution in [2.75, 3.05) is 0 Å². The monoisotopic (exact) mass is 172 g/mol. The molecule has 2 rings (SSSR count). The zero-order chi connectivity index (χ0) is 9.10. The largest absolute Gasteiger partial charge is 0.388 e. The molecule has 1 aromatic rings. The van der Waals surface area contributed by atoms with E-state index in [-0.39, 0.29) is 6.10 Å². The van der Waals surface area contributed by atoms with Crippen LogP contribution in [0, 0.1) is 11.3 Å². The SMILES string of the molecule is N#Cc1ccccc1C1CC=NO1. The van der Waals surface area contributed by atoms with Crippen molar-refractivity contribution in [1.82, 2.24) is 0 Å². The Morgan fingerprint density at radius 2 is 2.31 bits per heavy atom. The molecule has 0 radical (unpaired) electrons. The Labute approximate surface area is 76.2 Å². The van der Waals surface area contributed by atoms with Crippen LogP contribution in [0.1, 0.15) is 23.7 Å². The van der Waals surface area contributed by atoms with E-state index >= 15 is 0 Å². The van der Waals surface area contributed by atoms with Crippen LogP contribution in [0.4, 0.5) is 0 Å². The first-order valence-corrected chi connectivity index (χ1v) is 4.08. The van der Waals surface area contributed by atoms with Gasteiger partial charge in [-0.3, -0.25) is 0 Å². The quantitative estimate of drug-likeness (QED) is 0.650. The van der Waals surface area contributed by atoms with Crippen molar-refractivity contribution in [1.29, 1.82) is 5.26 Å². The fraction of sp³-hybridized carbons (Fsp3) is 0.200. The Balaban J connectivity index is 2.34. The van der Waals surface area contributed by atoms with Gasteiger partial charge in [-0.1, -0.05) is 23.4 Å². The molecule has 0 bridgehead atoms. The molecule has 0 fully saturated rings. The highest BCUT2D eigenvalue weighted by Gasteiger charge is 2.18. The lowest BCUT2D eigenvalue weighted by molar-refractivity contribution is 0.0856. The molecule has 0 saturated heterocycles. The molecule has 1 aliphatic rings. The molecule has 64 valence electrons.